The van der Waals surface area contributed by atoms with Crippen LogP contribution in [0.5, 0.6) is 5.75 Å². The van der Waals surface area contributed by atoms with Crippen molar-refractivity contribution in [2.45, 2.75) is 13.1 Å². The van der Waals surface area contributed by atoms with Gasteiger partial charge < -0.3 is 19.5 Å². The first-order valence-electron chi connectivity index (χ1n) is 9.45. The summed E-state index contributed by atoms with van der Waals surface area (Å²) in [5, 5.41) is 15.1. The maximum atomic E-state index is 13.5. The Labute approximate surface area is 181 Å². The van der Waals surface area contributed by atoms with Crippen LogP contribution in [0.3, 0.4) is 0 Å². The number of aromatic nitrogens is 3. The van der Waals surface area contributed by atoms with E-state index in [1.165, 1.54) is 29.4 Å². The van der Waals surface area contributed by atoms with Crippen LogP contribution in [-0.4, -0.2) is 69.2 Å². The van der Waals surface area contributed by atoms with E-state index < -0.39 is 23.0 Å². The van der Waals surface area contributed by atoms with Crippen LogP contribution in [0.25, 0.3) is 10.9 Å². The first-order valence-corrected chi connectivity index (χ1v) is 9.83. The van der Waals surface area contributed by atoms with Crippen molar-refractivity contribution in [3.05, 3.63) is 50.7 Å². The second kappa shape index (κ2) is 7.69. The van der Waals surface area contributed by atoms with Gasteiger partial charge in [-0.15, -0.1) is 5.10 Å². The molecule has 1 N–H and O–H groups in total. The van der Waals surface area contributed by atoms with E-state index in [0.717, 1.165) is 4.68 Å². The third-order valence-electron chi connectivity index (χ3n) is 5.05. The lowest BCUT2D eigenvalue weighted by Crippen LogP contribution is -2.36. The summed E-state index contributed by atoms with van der Waals surface area (Å²) in [5.41, 5.74) is 0.285. The van der Waals surface area contributed by atoms with Crippen molar-refractivity contribution in [3.8, 4) is 5.75 Å². The number of hydrogen-bond donors (Lipinski definition) is 1. The zero-order chi connectivity index (χ0) is 22.4. The highest BCUT2D eigenvalue weighted by Crippen LogP contribution is 2.36. The molecule has 0 unspecified atom stereocenters. The van der Waals surface area contributed by atoms with E-state index in [4.69, 9.17) is 11.6 Å². The molecule has 1 amide bonds. The lowest BCUT2D eigenvalue weighted by atomic mass is 10.2. The normalized spacial score (nSPS) is 14.0. The fraction of sp³-hybridized carbons (Fsp3) is 0.300. The van der Waals surface area contributed by atoms with Gasteiger partial charge in [0.15, 0.2) is 17.3 Å². The standard InChI is InChI=1S/C20H20ClFN6O3/c1-25(2)10-23-18-15-14(17(29)16-20(31)26(3)6-7-27(15)16)19(30)28(24-18)9-11-4-5-13(22)12(21)8-11/h4-5,8,10,29H,6-7,9H2,1-3H3/b23-10-. The molecule has 0 spiro atoms. The molecule has 1 aromatic carbocycles. The predicted octanol–water partition coefficient (Wildman–Crippen LogP) is 2.05. The minimum Gasteiger partial charge on any atom is -0.505 e. The molecule has 1 aliphatic heterocycles. The van der Waals surface area contributed by atoms with Gasteiger partial charge in [-0.05, 0) is 17.7 Å². The fourth-order valence-corrected chi connectivity index (χ4v) is 3.73. The first kappa shape index (κ1) is 20.9. The predicted molar refractivity (Wildman–Crippen MR) is 115 cm³/mol. The van der Waals surface area contributed by atoms with E-state index in [1.807, 2.05) is 0 Å². The van der Waals surface area contributed by atoms with Crippen molar-refractivity contribution >= 4 is 40.6 Å². The number of aromatic hydroxyl groups is 1. The molecule has 2 aromatic heterocycles. The summed E-state index contributed by atoms with van der Waals surface area (Å²) in [6, 6.07) is 4.10. The fourth-order valence-electron chi connectivity index (χ4n) is 3.52. The number of aliphatic imine (C=N–C) groups is 1. The summed E-state index contributed by atoms with van der Waals surface area (Å²) in [4.78, 5) is 33.4. The van der Waals surface area contributed by atoms with Gasteiger partial charge in [0.25, 0.3) is 11.5 Å². The average molecular weight is 447 g/mol. The van der Waals surface area contributed by atoms with Gasteiger partial charge in [0.2, 0.25) is 0 Å². The maximum Gasteiger partial charge on any atom is 0.280 e. The van der Waals surface area contributed by atoms with E-state index in [-0.39, 0.29) is 28.5 Å². The molecule has 3 aromatic rings. The number of fused-ring (bicyclic) bond motifs is 3. The molecule has 0 saturated carbocycles. The Kier molecular flexibility index (Phi) is 5.18. The molecule has 0 bridgehead atoms. The van der Waals surface area contributed by atoms with Crippen molar-refractivity contribution in [1.82, 2.24) is 24.1 Å². The van der Waals surface area contributed by atoms with Crippen LogP contribution in [0, 0.1) is 5.82 Å². The van der Waals surface area contributed by atoms with Gasteiger partial charge in [0.1, 0.15) is 16.7 Å². The molecule has 4 rings (SSSR count). The SMILES string of the molecule is CN(C)/C=N\c1nn(Cc2ccc(F)c(Cl)c2)c(=O)c2c(O)c3n(c12)CCN(C)C3=O. The molecule has 1 aliphatic rings. The molecule has 3 heterocycles. The van der Waals surface area contributed by atoms with E-state index in [1.54, 1.807) is 30.6 Å². The monoisotopic (exact) mass is 446 g/mol. The number of hydrogen-bond acceptors (Lipinski definition) is 5. The average Bonchev–Trinajstić information content (AvgIpc) is 3.02. The largest absolute Gasteiger partial charge is 0.505 e. The highest BCUT2D eigenvalue weighted by Gasteiger charge is 2.32. The topological polar surface area (TPSA) is 96.0 Å². The second-order valence-electron chi connectivity index (χ2n) is 7.54. The molecule has 162 valence electrons. The van der Waals surface area contributed by atoms with Crippen LogP contribution >= 0.6 is 11.6 Å². The molecule has 0 radical (unpaired) electrons. The molecule has 9 nitrogen and oxygen atoms in total. The van der Waals surface area contributed by atoms with Crippen LogP contribution in [0.2, 0.25) is 5.02 Å². The molecule has 0 atom stereocenters. The van der Waals surface area contributed by atoms with Crippen LogP contribution in [-0.2, 0) is 13.1 Å². The summed E-state index contributed by atoms with van der Waals surface area (Å²) < 4.78 is 16.2. The van der Waals surface area contributed by atoms with Gasteiger partial charge in [0, 0.05) is 34.2 Å². The molecule has 0 saturated heterocycles. The number of carbonyl (C=O) groups excluding carboxylic acids is 1. The smallest absolute Gasteiger partial charge is 0.280 e. The number of carbonyl (C=O) groups is 1. The number of amides is 1. The van der Waals surface area contributed by atoms with Crippen molar-refractivity contribution < 1.29 is 14.3 Å². The Morgan fingerprint density at radius 2 is 2.06 bits per heavy atom. The Hall–Kier alpha value is -3.40. The van der Waals surface area contributed by atoms with E-state index in [9.17, 15) is 19.1 Å². The van der Waals surface area contributed by atoms with Crippen molar-refractivity contribution in [2.75, 3.05) is 27.7 Å². The minimum absolute atomic E-state index is 0.0208. The Bertz CT molecular complexity index is 1300. The second-order valence-corrected chi connectivity index (χ2v) is 7.95. The van der Waals surface area contributed by atoms with Gasteiger partial charge in [-0.1, -0.05) is 17.7 Å². The Morgan fingerprint density at radius 1 is 1.32 bits per heavy atom. The number of rotatable bonds is 4. The van der Waals surface area contributed by atoms with Crippen LogP contribution in [0.4, 0.5) is 10.2 Å². The minimum atomic E-state index is -0.589. The van der Waals surface area contributed by atoms with Crippen molar-refractivity contribution in [2.24, 2.45) is 4.99 Å². The first-order chi connectivity index (χ1) is 14.7. The Morgan fingerprint density at radius 3 is 2.74 bits per heavy atom. The number of benzene rings is 1. The summed E-state index contributed by atoms with van der Waals surface area (Å²) in [5.74, 6) is -1.18. The van der Waals surface area contributed by atoms with Gasteiger partial charge in [0.05, 0.1) is 17.9 Å². The quantitative estimate of drug-likeness (QED) is 0.489. The zero-order valence-corrected chi connectivity index (χ0v) is 17.9. The van der Waals surface area contributed by atoms with E-state index in [0.29, 0.717) is 24.2 Å². The summed E-state index contributed by atoms with van der Waals surface area (Å²) >= 11 is 5.86. The molecule has 0 fully saturated rings. The molecular formula is C20H20ClFN6O3. The lowest BCUT2D eigenvalue weighted by Gasteiger charge is -2.24. The van der Waals surface area contributed by atoms with Crippen LogP contribution in [0.1, 0.15) is 16.1 Å². The van der Waals surface area contributed by atoms with E-state index >= 15 is 0 Å². The summed E-state index contributed by atoms with van der Waals surface area (Å²) in [6.45, 7) is 0.786. The number of halogens is 2. The zero-order valence-electron chi connectivity index (χ0n) is 17.1. The third-order valence-corrected chi connectivity index (χ3v) is 5.34. The van der Waals surface area contributed by atoms with Crippen LogP contribution in [0.15, 0.2) is 28.0 Å². The Balaban J connectivity index is 1.97. The van der Waals surface area contributed by atoms with Crippen molar-refractivity contribution in [1.29, 1.82) is 0 Å². The van der Waals surface area contributed by atoms with Gasteiger partial charge >= 0.3 is 0 Å². The van der Waals surface area contributed by atoms with Gasteiger partial charge in [-0.3, -0.25) is 9.59 Å². The molecule has 11 heteroatoms. The molecule has 31 heavy (non-hydrogen) atoms. The summed E-state index contributed by atoms with van der Waals surface area (Å²) in [7, 11) is 5.18. The lowest BCUT2D eigenvalue weighted by molar-refractivity contribution is 0.0747. The third kappa shape index (κ3) is 3.52. The molecular weight excluding hydrogens is 427 g/mol. The highest BCUT2D eigenvalue weighted by atomic mass is 35.5. The van der Waals surface area contributed by atoms with Crippen molar-refractivity contribution in [3.63, 3.8) is 0 Å². The highest BCUT2D eigenvalue weighted by molar-refractivity contribution is 6.30. The van der Waals surface area contributed by atoms with Gasteiger partial charge in [-0.25, -0.2) is 14.1 Å². The number of nitrogens with zero attached hydrogens (tertiary/aromatic N) is 6. The number of likely N-dealkylation sites (N-methyl/N-ethyl adjacent to an activating group) is 1. The van der Waals surface area contributed by atoms with E-state index in [2.05, 4.69) is 10.1 Å². The van der Waals surface area contributed by atoms with Crippen LogP contribution < -0.4 is 5.56 Å². The maximum absolute atomic E-state index is 13.5. The molecule has 0 aliphatic carbocycles. The summed E-state index contributed by atoms with van der Waals surface area (Å²) in [6.07, 6.45) is 1.51. The van der Waals surface area contributed by atoms with Gasteiger partial charge in [-0.2, -0.15) is 0 Å².